The SMILES string of the molecule is CC.COc1ncccc1-c1ccc(NCC(C)CO[N-]C(C)(C)C)nc1.[Y]. The summed E-state index contributed by atoms with van der Waals surface area (Å²) in [5, 5.41) is 3.32. The number of hydrogen-bond donors (Lipinski definition) is 1. The van der Waals surface area contributed by atoms with Gasteiger partial charge in [0.2, 0.25) is 5.88 Å². The number of nitrogens with one attached hydrogen (secondary N) is 1. The van der Waals surface area contributed by atoms with Crippen LogP contribution < -0.4 is 10.1 Å². The smallest absolute Gasteiger partial charge is 0.221 e. The van der Waals surface area contributed by atoms with Crippen LogP contribution >= 0.6 is 0 Å². The molecule has 1 atom stereocenters. The Kier molecular flexibility index (Phi) is 13.5. The van der Waals surface area contributed by atoms with Crippen LogP contribution in [0.1, 0.15) is 41.5 Å². The summed E-state index contributed by atoms with van der Waals surface area (Å²) in [6.07, 6.45) is 3.53. The van der Waals surface area contributed by atoms with Crippen LogP contribution in [0.5, 0.6) is 5.88 Å². The van der Waals surface area contributed by atoms with Gasteiger partial charge in [0.05, 0.1) is 7.11 Å². The first-order chi connectivity index (χ1) is 12.9. The number of aromatic nitrogens is 2. The van der Waals surface area contributed by atoms with Gasteiger partial charge < -0.3 is 20.4 Å². The maximum Gasteiger partial charge on any atom is 0.221 e. The Bertz CT molecular complexity index is 660. The van der Waals surface area contributed by atoms with Gasteiger partial charge in [-0.15, -0.1) is 5.54 Å². The third kappa shape index (κ3) is 9.92. The van der Waals surface area contributed by atoms with Crippen LogP contribution in [0.3, 0.4) is 0 Å². The Balaban J connectivity index is 0.00000235. The number of nitrogens with zero attached hydrogens (tertiary/aromatic N) is 3. The van der Waals surface area contributed by atoms with E-state index in [9.17, 15) is 0 Å². The van der Waals surface area contributed by atoms with Gasteiger partial charge in [0.1, 0.15) is 5.82 Å². The Morgan fingerprint density at radius 1 is 1.14 bits per heavy atom. The molecule has 153 valence electrons. The number of pyridine rings is 2. The molecule has 1 radical (unpaired) electrons. The van der Waals surface area contributed by atoms with E-state index in [4.69, 9.17) is 9.57 Å². The molecule has 1 unspecified atom stereocenters. The van der Waals surface area contributed by atoms with Crippen LogP contribution in [-0.4, -0.2) is 35.8 Å². The molecule has 2 aromatic rings. The van der Waals surface area contributed by atoms with Gasteiger partial charge in [-0.2, -0.15) is 0 Å². The monoisotopic (exact) mass is 462 g/mol. The quantitative estimate of drug-likeness (QED) is 0.537. The molecule has 6 nitrogen and oxygen atoms in total. The Hall–Kier alpha value is -1.08. The van der Waals surface area contributed by atoms with Crippen molar-refractivity contribution in [1.82, 2.24) is 9.97 Å². The Morgan fingerprint density at radius 2 is 1.86 bits per heavy atom. The molecule has 0 aliphatic heterocycles. The second-order valence-corrected chi connectivity index (χ2v) is 7.04. The van der Waals surface area contributed by atoms with E-state index < -0.39 is 0 Å². The predicted octanol–water partition coefficient (Wildman–Crippen LogP) is 5.33. The molecule has 28 heavy (non-hydrogen) atoms. The van der Waals surface area contributed by atoms with E-state index in [1.54, 1.807) is 13.3 Å². The van der Waals surface area contributed by atoms with Crippen molar-refractivity contribution in [2.24, 2.45) is 5.92 Å². The van der Waals surface area contributed by atoms with Crippen LogP contribution in [-0.2, 0) is 37.5 Å². The van der Waals surface area contributed by atoms with E-state index in [1.807, 2.05) is 65.1 Å². The van der Waals surface area contributed by atoms with Crippen LogP contribution in [0.25, 0.3) is 16.6 Å². The maximum atomic E-state index is 5.39. The summed E-state index contributed by atoms with van der Waals surface area (Å²) >= 11 is 0. The first-order valence-electron chi connectivity index (χ1n) is 9.42. The van der Waals surface area contributed by atoms with Crippen molar-refractivity contribution in [3.05, 3.63) is 42.1 Å². The van der Waals surface area contributed by atoms with Crippen molar-refractivity contribution < 1.29 is 42.3 Å². The van der Waals surface area contributed by atoms with Crippen LogP contribution in [0.4, 0.5) is 5.82 Å². The molecule has 0 aliphatic rings. The van der Waals surface area contributed by atoms with E-state index in [-0.39, 0.29) is 38.2 Å². The van der Waals surface area contributed by atoms with Crippen molar-refractivity contribution in [2.45, 2.75) is 47.1 Å². The second kappa shape index (κ2) is 14.0. The summed E-state index contributed by atoms with van der Waals surface area (Å²) in [4.78, 5) is 14.1. The zero-order valence-corrected chi connectivity index (χ0v) is 21.0. The average Bonchev–Trinajstić information content (AvgIpc) is 2.67. The minimum atomic E-state index is -0.169. The molecule has 2 heterocycles. The molecule has 1 N–H and O–H groups in total. The fraction of sp³-hybridized carbons (Fsp3) is 0.524. The van der Waals surface area contributed by atoms with Crippen LogP contribution in [0.15, 0.2) is 36.7 Å². The van der Waals surface area contributed by atoms with Crippen molar-refractivity contribution in [3.63, 3.8) is 0 Å². The molecule has 2 aromatic heterocycles. The van der Waals surface area contributed by atoms with Gasteiger partial charge in [-0.1, -0.05) is 41.5 Å². The first kappa shape index (κ1) is 26.9. The second-order valence-electron chi connectivity index (χ2n) is 7.04. The number of anilines is 1. The summed E-state index contributed by atoms with van der Waals surface area (Å²) in [5.74, 6) is 1.75. The summed E-state index contributed by atoms with van der Waals surface area (Å²) in [7, 11) is 1.62. The Labute approximate surface area is 195 Å². The molecule has 0 amide bonds. The van der Waals surface area contributed by atoms with Crippen molar-refractivity contribution in [1.29, 1.82) is 0 Å². The van der Waals surface area contributed by atoms with E-state index >= 15 is 0 Å². The number of methoxy groups -OCH3 is 1. The van der Waals surface area contributed by atoms with Gasteiger partial charge in [0.25, 0.3) is 0 Å². The summed E-state index contributed by atoms with van der Waals surface area (Å²) in [6, 6.07) is 7.81. The zero-order chi connectivity index (χ0) is 20.3. The fourth-order valence-corrected chi connectivity index (χ4v) is 2.13. The molecule has 0 saturated carbocycles. The summed E-state index contributed by atoms with van der Waals surface area (Å²) in [5.41, 5.74) is 5.88. The molecular weight excluding hydrogens is 429 g/mol. The zero-order valence-electron chi connectivity index (χ0n) is 18.2. The molecule has 0 bridgehead atoms. The summed E-state index contributed by atoms with van der Waals surface area (Å²) < 4.78 is 5.29. The molecule has 0 fully saturated rings. The predicted molar refractivity (Wildman–Crippen MR) is 112 cm³/mol. The average molecular weight is 462 g/mol. The van der Waals surface area contributed by atoms with Crippen molar-refractivity contribution in [3.8, 4) is 17.0 Å². The number of ether oxygens (including phenoxy) is 1. The van der Waals surface area contributed by atoms with E-state index in [2.05, 4.69) is 27.7 Å². The van der Waals surface area contributed by atoms with Gasteiger partial charge in [-0.3, -0.25) is 0 Å². The normalized spacial score (nSPS) is 11.5. The van der Waals surface area contributed by atoms with Gasteiger partial charge in [-0.05, 0) is 30.2 Å². The van der Waals surface area contributed by atoms with Crippen molar-refractivity contribution >= 4 is 5.82 Å². The maximum absolute atomic E-state index is 5.39. The molecule has 0 aliphatic carbocycles. The van der Waals surface area contributed by atoms with E-state index in [0.717, 1.165) is 23.5 Å². The fourth-order valence-electron chi connectivity index (χ4n) is 2.13. The molecular formula is C21H33N4O2Y-. The standard InChI is InChI=1S/C19H27N4O2.C2H6.Y/c1-14(13-25-23-19(2,3)4)11-21-17-9-8-15(12-22-17)16-7-6-10-20-18(16)24-5;1-2;/h6-10,12,14H,11,13H2,1-5H3,(H,21,22);1-2H3;/q-1;;. The van der Waals surface area contributed by atoms with Crippen LogP contribution in [0, 0.1) is 5.92 Å². The molecule has 2 rings (SSSR count). The topological polar surface area (TPSA) is 70.4 Å². The van der Waals surface area contributed by atoms with Gasteiger partial charge in [-0.25, -0.2) is 9.97 Å². The molecule has 0 spiro atoms. The molecule has 0 aromatic carbocycles. The van der Waals surface area contributed by atoms with E-state index in [1.165, 1.54) is 0 Å². The minimum absolute atomic E-state index is 0. The van der Waals surface area contributed by atoms with Gasteiger partial charge in [0.15, 0.2) is 0 Å². The molecule has 7 heteroatoms. The number of hydroxylamine groups is 1. The minimum Gasteiger partial charge on any atom is -0.529 e. The first-order valence-corrected chi connectivity index (χ1v) is 9.42. The van der Waals surface area contributed by atoms with Crippen LogP contribution in [0.2, 0.25) is 0 Å². The number of rotatable bonds is 8. The number of hydrogen-bond acceptors (Lipinski definition) is 5. The van der Waals surface area contributed by atoms with E-state index in [0.29, 0.717) is 18.4 Å². The van der Waals surface area contributed by atoms with Gasteiger partial charge >= 0.3 is 0 Å². The third-order valence-corrected chi connectivity index (χ3v) is 3.37. The summed E-state index contributed by atoms with van der Waals surface area (Å²) in [6.45, 7) is 13.5. The van der Waals surface area contributed by atoms with Gasteiger partial charge in [0, 0.05) is 69.4 Å². The van der Waals surface area contributed by atoms with Crippen molar-refractivity contribution in [2.75, 3.05) is 25.6 Å². The Morgan fingerprint density at radius 3 is 2.43 bits per heavy atom. The third-order valence-electron chi connectivity index (χ3n) is 3.37. The molecule has 0 saturated heterocycles. The largest absolute Gasteiger partial charge is 0.529 e.